The van der Waals surface area contributed by atoms with Crippen molar-refractivity contribution in [1.82, 2.24) is 4.90 Å². The van der Waals surface area contributed by atoms with Crippen molar-refractivity contribution in [1.29, 1.82) is 0 Å². The van der Waals surface area contributed by atoms with E-state index in [-0.39, 0.29) is 12.7 Å². The van der Waals surface area contributed by atoms with Crippen LogP contribution in [-0.4, -0.2) is 54.8 Å². The molecule has 0 saturated carbocycles. The molecule has 112 valence electrons. The van der Waals surface area contributed by atoms with E-state index in [0.717, 1.165) is 25.5 Å². The zero-order valence-electron chi connectivity index (χ0n) is 12.8. The van der Waals surface area contributed by atoms with Crippen LogP contribution in [0.1, 0.15) is 46.5 Å². The zero-order valence-corrected chi connectivity index (χ0v) is 12.8. The van der Waals surface area contributed by atoms with E-state index in [4.69, 9.17) is 9.84 Å². The molecule has 4 heteroatoms. The average molecular weight is 270 g/mol. The summed E-state index contributed by atoms with van der Waals surface area (Å²) < 4.78 is 6.00. The summed E-state index contributed by atoms with van der Waals surface area (Å²) in [7, 11) is 0. The molecule has 1 N–H and O–H groups in total. The van der Waals surface area contributed by atoms with Crippen LogP contribution in [0.3, 0.4) is 0 Å². The van der Waals surface area contributed by atoms with Crippen LogP contribution in [-0.2, 0) is 4.74 Å². The van der Waals surface area contributed by atoms with Gasteiger partial charge in [0.1, 0.15) is 11.9 Å². The third-order valence-corrected chi connectivity index (χ3v) is 3.83. The highest BCUT2D eigenvalue weighted by Crippen LogP contribution is 2.15. The molecule has 1 aliphatic heterocycles. The second-order valence-electron chi connectivity index (χ2n) is 5.34. The smallest absolute Gasteiger partial charge is 0.128 e. The molecule has 0 spiro atoms. The second-order valence-corrected chi connectivity index (χ2v) is 5.34. The highest BCUT2D eigenvalue weighted by atomic mass is 16.5. The van der Waals surface area contributed by atoms with Gasteiger partial charge in [0.05, 0.1) is 19.8 Å². The van der Waals surface area contributed by atoms with Gasteiger partial charge in [-0.05, 0) is 19.3 Å². The molecule has 1 aliphatic rings. The van der Waals surface area contributed by atoms with Gasteiger partial charge in [-0.25, -0.2) is 0 Å². The minimum absolute atomic E-state index is 0.0460. The van der Waals surface area contributed by atoms with Crippen LogP contribution in [0.15, 0.2) is 4.99 Å². The van der Waals surface area contributed by atoms with E-state index in [9.17, 15) is 0 Å². The Balaban J connectivity index is 2.35. The molecule has 1 heterocycles. The highest BCUT2D eigenvalue weighted by molar-refractivity contribution is 5.87. The Kier molecular flexibility index (Phi) is 8.07. The summed E-state index contributed by atoms with van der Waals surface area (Å²) in [5.74, 6) is 1.68. The van der Waals surface area contributed by atoms with Gasteiger partial charge in [0.25, 0.3) is 0 Å². The van der Waals surface area contributed by atoms with Crippen LogP contribution in [0.25, 0.3) is 0 Å². The van der Waals surface area contributed by atoms with Crippen LogP contribution < -0.4 is 0 Å². The van der Waals surface area contributed by atoms with Crippen molar-refractivity contribution in [3.05, 3.63) is 0 Å². The molecule has 4 nitrogen and oxygen atoms in total. The molecule has 1 rings (SSSR count). The number of unbranched alkanes of at least 4 members (excludes halogenated alkanes) is 1. The first kappa shape index (κ1) is 16.4. The van der Waals surface area contributed by atoms with Crippen LogP contribution >= 0.6 is 0 Å². The van der Waals surface area contributed by atoms with Gasteiger partial charge in [-0.15, -0.1) is 0 Å². The van der Waals surface area contributed by atoms with E-state index in [2.05, 4.69) is 30.7 Å². The standard InChI is InChI=1S/C15H30N2O2/c1-4-6-7-14(5-2)12-19-13(3)15-16-8-9-17(15)10-11-18/h13-14,18H,4-12H2,1-3H3. The van der Waals surface area contributed by atoms with E-state index in [1.54, 1.807) is 0 Å². The number of amidine groups is 1. The minimum Gasteiger partial charge on any atom is -0.395 e. The first-order valence-corrected chi connectivity index (χ1v) is 7.74. The van der Waals surface area contributed by atoms with Crippen LogP contribution in [0.5, 0.6) is 0 Å². The molecule has 0 radical (unpaired) electrons. The van der Waals surface area contributed by atoms with E-state index < -0.39 is 0 Å². The predicted molar refractivity (Wildman–Crippen MR) is 79.7 cm³/mol. The van der Waals surface area contributed by atoms with E-state index in [1.165, 1.54) is 25.7 Å². The summed E-state index contributed by atoms with van der Waals surface area (Å²) in [4.78, 5) is 6.64. The van der Waals surface area contributed by atoms with Gasteiger partial charge in [-0.3, -0.25) is 4.99 Å². The third kappa shape index (κ3) is 5.49. The zero-order chi connectivity index (χ0) is 14.1. The molecule has 0 bridgehead atoms. The second kappa shape index (κ2) is 9.32. The molecule has 0 amide bonds. The lowest BCUT2D eigenvalue weighted by Crippen LogP contribution is -2.38. The monoisotopic (exact) mass is 270 g/mol. The van der Waals surface area contributed by atoms with Gasteiger partial charge < -0.3 is 14.7 Å². The fourth-order valence-electron chi connectivity index (χ4n) is 2.49. The lowest BCUT2D eigenvalue weighted by Gasteiger charge is -2.25. The predicted octanol–water partition coefficient (Wildman–Crippen LogP) is 2.31. The summed E-state index contributed by atoms with van der Waals surface area (Å²) in [6.45, 7) is 9.95. The number of aliphatic hydroxyl groups is 1. The van der Waals surface area contributed by atoms with Crippen molar-refractivity contribution < 1.29 is 9.84 Å². The van der Waals surface area contributed by atoms with Gasteiger partial charge in [-0.2, -0.15) is 0 Å². The lowest BCUT2D eigenvalue weighted by atomic mass is 10.0. The molecule has 0 aromatic carbocycles. The van der Waals surface area contributed by atoms with E-state index >= 15 is 0 Å². The van der Waals surface area contributed by atoms with Crippen molar-refractivity contribution >= 4 is 5.84 Å². The van der Waals surface area contributed by atoms with Gasteiger partial charge in [0.2, 0.25) is 0 Å². The minimum atomic E-state index is 0.0460. The Hall–Kier alpha value is -0.610. The molecule has 0 aliphatic carbocycles. The Morgan fingerprint density at radius 1 is 1.42 bits per heavy atom. The largest absolute Gasteiger partial charge is 0.395 e. The van der Waals surface area contributed by atoms with E-state index in [1.807, 2.05) is 0 Å². The fourth-order valence-corrected chi connectivity index (χ4v) is 2.49. The van der Waals surface area contributed by atoms with E-state index in [0.29, 0.717) is 12.5 Å². The molecule has 0 saturated heterocycles. The molecule has 0 aromatic heterocycles. The number of aliphatic hydroxyl groups excluding tert-OH is 1. The average Bonchev–Trinajstić information content (AvgIpc) is 2.87. The van der Waals surface area contributed by atoms with Gasteiger partial charge in [-0.1, -0.05) is 33.1 Å². The molecule has 19 heavy (non-hydrogen) atoms. The Bertz CT molecular complexity index is 269. The molecule has 2 unspecified atom stereocenters. The molecule has 0 fully saturated rings. The molecule has 0 aromatic rings. The first-order valence-electron chi connectivity index (χ1n) is 7.74. The number of ether oxygens (including phenoxy) is 1. The number of rotatable bonds is 10. The molecule has 2 atom stereocenters. The Morgan fingerprint density at radius 2 is 2.21 bits per heavy atom. The third-order valence-electron chi connectivity index (χ3n) is 3.83. The Morgan fingerprint density at radius 3 is 2.84 bits per heavy atom. The summed E-state index contributed by atoms with van der Waals surface area (Å²) >= 11 is 0. The van der Waals surface area contributed by atoms with Crippen LogP contribution in [0.4, 0.5) is 0 Å². The van der Waals surface area contributed by atoms with Gasteiger partial charge in [0.15, 0.2) is 0 Å². The SMILES string of the molecule is CCCCC(CC)COC(C)C1=NCCN1CCO. The number of hydrogen-bond donors (Lipinski definition) is 1. The van der Waals surface area contributed by atoms with Crippen molar-refractivity contribution in [2.45, 2.75) is 52.6 Å². The van der Waals surface area contributed by atoms with Crippen molar-refractivity contribution in [2.75, 3.05) is 32.8 Å². The quantitative estimate of drug-likeness (QED) is 0.662. The number of nitrogens with zero attached hydrogens (tertiary/aromatic N) is 2. The maximum atomic E-state index is 9.04. The van der Waals surface area contributed by atoms with Crippen LogP contribution in [0, 0.1) is 5.92 Å². The summed E-state index contributed by atoms with van der Waals surface area (Å²) in [5, 5.41) is 9.04. The molecular formula is C15H30N2O2. The summed E-state index contributed by atoms with van der Waals surface area (Å²) in [6, 6.07) is 0. The maximum absolute atomic E-state index is 9.04. The maximum Gasteiger partial charge on any atom is 0.128 e. The van der Waals surface area contributed by atoms with Gasteiger partial charge >= 0.3 is 0 Å². The van der Waals surface area contributed by atoms with Crippen molar-refractivity contribution in [3.63, 3.8) is 0 Å². The van der Waals surface area contributed by atoms with Crippen molar-refractivity contribution in [3.8, 4) is 0 Å². The Labute approximate surface area is 117 Å². The van der Waals surface area contributed by atoms with Crippen LogP contribution in [0.2, 0.25) is 0 Å². The summed E-state index contributed by atoms with van der Waals surface area (Å²) in [5.41, 5.74) is 0. The summed E-state index contributed by atoms with van der Waals surface area (Å²) in [6.07, 6.45) is 5.02. The lowest BCUT2D eigenvalue weighted by molar-refractivity contribution is 0.0667. The normalized spacial score (nSPS) is 18.5. The van der Waals surface area contributed by atoms with Crippen molar-refractivity contribution in [2.24, 2.45) is 10.9 Å². The fraction of sp³-hybridized carbons (Fsp3) is 0.933. The number of hydrogen-bond acceptors (Lipinski definition) is 4. The molecular weight excluding hydrogens is 240 g/mol. The number of β-amino-alcohol motifs (C(OH)–C–C–N with tert-alkyl or cyclic N) is 1. The first-order chi connectivity index (χ1) is 9.22. The highest BCUT2D eigenvalue weighted by Gasteiger charge is 2.23. The number of aliphatic imine (C=N–C) groups is 1. The van der Waals surface area contributed by atoms with Gasteiger partial charge in [0, 0.05) is 13.1 Å². The topological polar surface area (TPSA) is 45.1 Å².